The van der Waals surface area contributed by atoms with E-state index in [2.05, 4.69) is 10.1 Å². The van der Waals surface area contributed by atoms with E-state index >= 15 is 0 Å². The van der Waals surface area contributed by atoms with Crippen LogP contribution in [-0.2, 0) is 17.9 Å². The topological polar surface area (TPSA) is 87.3 Å². The van der Waals surface area contributed by atoms with Gasteiger partial charge < -0.3 is 19.4 Å². The summed E-state index contributed by atoms with van der Waals surface area (Å²) in [4.78, 5) is 4.13. The number of nitrogens with zero attached hydrogens (tertiary/aromatic N) is 2. The van der Waals surface area contributed by atoms with Crippen molar-refractivity contribution >= 4 is 0 Å². The molecule has 86 valence electrons. The van der Waals surface area contributed by atoms with Crippen LogP contribution in [-0.4, -0.2) is 16.7 Å². The largest absolute Gasteiger partial charge is 0.455 e. The maximum absolute atomic E-state index is 5.43. The van der Waals surface area contributed by atoms with Gasteiger partial charge in [0, 0.05) is 6.61 Å². The van der Waals surface area contributed by atoms with Crippen LogP contribution in [0.4, 0.5) is 0 Å². The normalized spacial score (nSPS) is 10.9. The molecule has 0 bridgehead atoms. The second-order valence-electron chi connectivity index (χ2n) is 3.12. The molecule has 2 rings (SSSR count). The van der Waals surface area contributed by atoms with Gasteiger partial charge in [-0.3, -0.25) is 0 Å². The van der Waals surface area contributed by atoms with Crippen LogP contribution in [0.1, 0.15) is 18.5 Å². The lowest BCUT2D eigenvalue weighted by molar-refractivity contribution is 0.126. The Morgan fingerprint density at radius 1 is 1.44 bits per heavy atom. The molecule has 2 aromatic rings. The van der Waals surface area contributed by atoms with Crippen LogP contribution in [0, 0.1) is 0 Å². The minimum atomic E-state index is 0.338. The van der Waals surface area contributed by atoms with Crippen molar-refractivity contribution < 1.29 is 13.7 Å². The zero-order valence-electron chi connectivity index (χ0n) is 8.97. The summed E-state index contributed by atoms with van der Waals surface area (Å²) in [7, 11) is 0. The molecule has 0 spiro atoms. The van der Waals surface area contributed by atoms with Crippen molar-refractivity contribution in [3.8, 4) is 11.7 Å². The van der Waals surface area contributed by atoms with Gasteiger partial charge in [-0.2, -0.15) is 4.98 Å². The average Bonchev–Trinajstić information content (AvgIpc) is 2.94. The highest BCUT2D eigenvalue weighted by Crippen LogP contribution is 2.20. The molecule has 0 aliphatic rings. The monoisotopic (exact) mass is 223 g/mol. The van der Waals surface area contributed by atoms with E-state index < -0.39 is 0 Å². The van der Waals surface area contributed by atoms with Crippen molar-refractivity contribution in [1.29, 1.82) is 0 Å². The summed E-state index contributed by atoms with van der Waals surface area (Å²) in [5, 5.41) is 3.76. The Labute approximate surface area is 92.4 Å². The molecule has 0 aliphatic heterocycles. The van der Waals surface area contributed by atoms with Gasteiger partial charge in [-0.25, -0.2) is 0 Å². The third-order valence-corrected chi connectivity index (χ3v) is 1.98. The Morgan fingerprint density at radius 3 is 3.00 bits per heavy atom. The summed E-state index contributed by atoms with van der Waals surface area (Å²) in [6.07, 6.45) is 0. The van der Waals surface area contributed by atoms with Gasteiger partial charge in [0.25, 0.3) is 5.89 Å². The number of rotatable bonds is 5. The first-order valence-electron chi connectivity index (χ1n) is 5.03. The highest BCUT2D eigenvalue weighted by molar-refractivity contribution is 5.44. The van der Waals surface area contributed by atoms with Crippen LogP contribution in [0.2, 0.25) is 0 Å². The summed E-state index contributed by atoms with van der Waals surface area (Å²) < 4.78 is 15.6. The number of ether oxygens (including phenoxy) is 1. The molecule has 0 unspecified atom stereocenters. The Balaban J connectivity index is 2.11. The number of aromatic nitrogens is 2. The van der Waals surface area contributed by atoms with E-state index in [0.717, 1.165) is 0 Å². The minimum absolute atomic E-state index is 0.338. The van der Waals surface area contributed by atoms with Gasteiger partial charge in [-0.1, -0.05) is 5.16 Å². The number of hydrogen-bond donors (Lipinski definition) is 1. The summed E-state index contributed by atoms with van der Waals surface area (Å²) in [6.45, 7) is 3.20. The predicted octanol–water partition coefficient (Wildman–Crippen LogP) is 1.32. The van der Waals surface area contributed by atoms with E-state index in [-0.39, 0.29) is 0 Å². The van der Waals surface area contributed by atoms with E-state index in [1.54, 1.807) is 12.1 Å². The summed E-state index contributed by atoms with van der Waals surface area (Å²) in [6, 6.07) is 3.53. The molecule has 0 saturated heterocycles. The third kappa shape index (κ3) is 2.29. The molecule has 2 aromatic heterocycles. The first kappa shape index (κ1) is 10.8. The molecule has 0 amide bonds. The quantitative estimate of drug-likeness (QED) is 0.822. The van der Waals surface area contributed by atoms with Gasteiger partial charge in [0.05, 0.1) is 6.54 Å². The maximum atomic E-state index is 5.43. The van der Waals surface area contributed by atoms with E-state index in [1.165, 1.54) is 0 Å². The van der Waals surface area contributed by atoms with Gasteiger partial charge in [-0.05, 0) is 19.1 Å². The van der Waals surface area contributed by atoms with Crippen molar-refractivity contribution in [3.05, 3.63) is 23.7 Å². The SMILES string of the molecule is CCOCc1noc(-c2ccc(CN)o2)n1. The van der Waals surface area contributed by atoms with Crippen LogP contribution < -0.4 is 5.73 Å². The Kier molecular flexibility index (Phi) is 3.33. The average molecular weight is 223 g/mol. The van der Waals surface area contributed by atoms with Crippen LogP contribution in [0.5, 0.6) is 0 Å². The molecular weight excluding hydrogens is 210 g/mol. The fourth-order valence-electron chi connectivity index (χ4n) is 1.21. The molecular formula is C10H13N3O3. The smallest absolute Gasteiger partial charge is 0.293 e. The highest BCUT2D eigenvalue weighted by atomic mass is 16.5. The summed E-state index contributed by atoms with van der Waals surface area (Å²) in [5.74, 6) is 2.05. The van der Waals surface area contributed by atoms with Crippen LogP contribution in [0.3, 0.4) is 0 Å². The lowest BCUT2D eigenvalue weighted by Crippen LogP contribution is -1.93. The summed E-state index contributed by atoms with van der Waals surface area (Å²) in [5.41, 5.74) is 5.43. The molecule has 0 fully saturated rings. The summed E-state index contributed by atoms with van der Waals surface area (Å²) >= 11 is 0. The third-order valence-electron chi connectivity index (χ3n) is 1.98. The molecule has 2 heterocycles. The van der Waals surface area contributed by atoms with Gasteiger partial charge in [0.1, 0.15) is 12.4 Å². The van der Waals surface area contributed by atoms with Crippen molar-refractivity contribution in [2.45, 2.75) is 20.1 Å². The van der Waals surface area contributed by atoms with Crippen LogP contribution in [0.25, 0.3) is 11.7 Å². The zero-order valence-corrected chi connectivity index (χ0v) is 8.97. The molecule has 2 N–H and O–H groups in total. The molecule has 0 saturated carbocycles. The van der Waals surface area contributed by atoms with E-state index in [9.17, 15) is 0 Å². The minimum Gasteiger partial charge on any atom is -0.455 e. The molecule has 0 atom stereocenters. The lowest BCUT2D eigenvalue weighted by Gasteiger charge is -1.91. The number of nitrogens with two attached hydrogens (primary N) is 1. The van der Waals surface area contributed by atoms with Gasteiger partial charge in [0.15, 0.2) is 11.6 Å². The van der Waals surface area contributed by atoms with Crippen LogP contribution >= 0.6 is 0 Å². The van der Waals surface area contributed by atoms with E-state index in [1.807, 2.05) is 6.92 Å². The van der Waals surface area contributed by atoms with Crippen LogP contribution in [0.15, 0.2) is 21.1 Å². The molecule has 6 nitrogen and oxygen atoms in total. The Hall–Kier alpha value is -1.66. The molecule has 6 heteroatoms. The molecule has 0 aromatic carbocycles. The second kappa shape index (κ2) is 4.91. The van der Waals surface area contributed by atoms with Crippen molar-refractivity contribution in [3.63, 3.8) is 0 Å². The number of hydrogen-bond acceptors (Lipinski definition) is 6. The molecule has 16 heavy (non-hydrogen) atoms. The maximum Gasteiger partial charge on any atom is 0.293 e. The predicted molar refractivity (Wildman–Crippen MR) is 55.2 cm³/mol. The van der Waals surface area contributed by atoms with Gasteiger partial charge in [-0.15, -0.1) is 0 Å². The van der Waals surface area contributed by atoms with Gasteiger partial charge in [0.2, 0.25) is 0 Å². The first-order valence-corrected chi connectivity index (χ1v) is 5.03. The van der Waals surface area contributed by atoms with E-state index in [0.29, 0.717) is 43.0 Å². The lowest BCUT2D eigenvalue weighted by atomic mass is 10.4. The van der Waals surface area contributed by atoms with Crippen molar-refractivity contribution in [1.82, 2.24) is 10.1 Å². The fourth-order valence-corrected chi connectivity index (χ4v) is 1.21. The number of furan rings is 1. The van der Waals surface area contributed by atoms with E-state index in [4.69, 9.17) is 19.4 Å². The Morgan fingerprint density at radius 2 is 2.31 bits per heavy atom. The highest BCUT2D eigenvalue weighted by Gasteiger charge is 2.12. The van der Waals surface area contributed by atoms with Gasteiger partial charge >= 0.3 is 0 Å². The fraction of sp³-hybridized carbons (Fsp3) is 0.400. The Bertz CT molecular complexity index is 450. The zero-order chi connectivity index (χ0) is 11.4. The molecule has 0 radical (unpaired) electrons. The molecule has 0 aliphatic carbocycles. The second-order valence-corrected chi connectivity index (χ2v) is 3.12. The van der Waals surface area contributed by atoms with Crippen molar-refractivity contribution in [2.24, 2.45) is 5.73 Å². The first-order chi connectivity index (χ1) is 7.83. The van der Waals surface area contributed by atoms with Crippen molar-refractivity contribution in [2.75, 3.05) is 6.61 Å². The standard InChI is InChI=1S/C10H13N3O3/c1-2-14-6-9-12-10(16-13-9)8-4-3-7(5-11)15-8/h3-4H,2,5-6,11H2,1H3.